The number of nitrogens with zero attached hydrogens (tertiary/aromatic N) is 4. The molecule has 1 aliphatic rings. The molecule has 0 saturated heterocycles. The molecule has 0 unspecified atom stereocenters. The molecule has 0 aromatic carbocycles. The van der Waals surface area contributed by atoms with Crippen molar-refractivity contribution in [3.05, 3.63) is 53.1 Å². The Labute approximate surface area is 159 Å². The van der Waals surface area contributed by atoms with E-state index in [2.05, 4.69) is 31.7 Å². The van der Waals surface area contributed by atoms with E-state index in [-0.39, 0.29) is 12.2 Å². The standard InChI is InChI=1S/C20H18F3N5/c1-11(18-15(12-3-4-12)9-25-10-16(18)24-2)27-8-13-5-6-26-19-14(13)7-17(28-19)20(21,22)23/h5-7,9-10,12H,2-4,8H2,1H3,(H,26,28). The van der Waals surface area contributed by atoms with Crippen LogP contribution in [-0.4, -0.2) is 27.4 Å². The van der Waals surface area contributed by atoms with Crippen LogP contribution in [-0.2, 0) is 12.7 Å². The van der Waals surface area contributed by atoms with Crippen LogP contribution in [0.15, 0.2) is 40.7 Å². The van der Waals surface area contributed by atoms with Crippen molar-refractivity contribution in [3.8, 4) is 0 Å². The number of rotatable bonds is 5. The Balaban J connectivity index is 1.70. The molecule has 3 aromatic heterocycles. The number of aliphatic imine (C=N–C) groups is 2. The zero-order valence-electron chi connectivity index (χ0n) is 15.2. The topological polar surface area (TPSA) is 66.3 Å². The van der Waals surface area contributed by atoms with Crippen molar-refractivity contribution in [3.63, 3.8) is 0 Å². The van der Waals surface area contributed by atoms with Gasteiger partial charge in [0.05, 0.1) is 18.4 Å². The lowest BCUT2D eigenvalue weighted by molar-refractivity contribution is -0.140. The molecule has 1 fully saturated rings. The van der Waals surface area contributed by atoms with E-state index in [1.807, 2.05) is 13.1 Å². The van der Waals surface area contributed by atoms with Gasteiger partial charge in [-0.15, -0.1) is 0 Å². The highest BCUT2D eigenvalue weighted by Crippen LogP contribution is 2.43. The van der Waals surface area contributed by atoms with Gasteiger partial charge in [-0.05, 0) is 55.7 Å². The van der Waals surface area contributed by atoms with Gasteiger partial charge in [0.1, 0.15) is 11.3 Å². The summed E-state index contributed by atoms with van der Waals surface area (Å²) < 4.78 is 39.0. The number of fused-ring (bicyclic) bond motifs is 1. The Kier molecular flexibility index (Phi) is 4.49. The quantitative estimate of drug-likeness (QED) is 0.614. The van der Waals surface area contributed by atoms with Crippen LogP contribution in [0.5, 0.6) is 0 Å². The highest BCUT2D eigenvalue weighted by molar-refractivity contribution is 6.04. The van der Waals surface area contributed by atoms with Crippen LogP contribution in [0.1, 0.15) is 48.1 Å². The maximum Gasteiger partial charge on any atom is 0.431 e. The van der Waals surface area contributed by atoms with Gasteiger partial charge in [0.25, 0.3) is 0 Å². The van der Waals surface area contributed by atoms with Crippen LogP contribution < -0.4 is 0 Å². The van der Waals surface area contributed by atoms with Gasteiger partial charge >= 0.3 is 6.18 Å². The number of hydrogen-bond acceptors (Lipinski definition) is 4. The molecular formula is C20H18F3N5. The van der Waals surface area contributed by atoms with Crippen molar-refractivity contribution in [2.24, 2.45) is 9.98 Å². The summed E-state index contributed by atoms with van der Waals surface area (Å²) >= 11 is 0. The number of hydrogen-bond donors (Lipinski definition) is 1. The van der Waals surface area contributed by atoms with Crippen LogP contribution in [0.4, 0.5) is 18.9 Å². The first kappa shape index (κ1) is 18.3. The summed E-state index contributed by atoms with van der Waals surface area (Å²) in [7, 11) is 0. The van der Waals surface area contributed by atoms with Gasteiger partial charge in [0.15, 0.2) is 0 Å². The van der Waals surface area contributed by atoms with Crippen molar-refractivity contribution in [2.45, 2.75) is 38.4 Å². The summed E-state index contributed by atoms with van der Waals surface area (Å²) in [6.07, 6.45) is 2.75. The Morgan fingerprint density at radius 1 is 1.32 bits per heavy atom. The van der Waals surface area contributed by atoms with Crippen LogP contribution in [0, 0.1) is 0 Å². The number of pyridine rings is 2. The van der Waals surface area contributed by atoms with Crippen LogP contribution in [0.2, 0.25) is 0 Å². The molecule has 8 heteroatoms. The summed E-state index contributed by atoms with van der Waals surface area (Å²) in [5.41, 5.74) is 3.52. The van der Waals surface area contributed by atoms with Gasteiger partial charge in [0, 0.05) is 29.1 Å². The fourth-order valence-corrected chi connectivity index (χ4v) is 3.34. The summed E-state index contributed by atoms with van der Waals surface area (Å²) in [6.45, 7) is 5.74. The maximum atomic E-state index is 13.0. The second kappa shape index (κ2) is 6.85. The minimum atomic E-state index is -4.45. The van der Waals surface area contributed by atoms with E-state index < -0.39 is 11.9 Å². The largest absolute Gasteiger partial charge is 0.431 e. The normalized spacial score (nSPS) is 15.2. The molecule has 0 aliphatic heterocycles. The number of nitrogens with one attached hydrogen (secondary N) is 1. The zero-order chi connectivity index (χ0) is 19.9. The van der Waals surface area contributed by atoms with Crippen LogP contribution in [0.25, 0.3) is 11.0 Å². The van der Waals surface area contributed by atoms with Crippen molar-refractivity contribution < 1.29 is 13.2 Å². The van der Waals surface area contributed by atoms with E-state index in [1.165, 1.54) is 6.20 Å². The monoisotopic (exact) mass is 385 g/mol. The fourth-order valence-electron chi connectivity index (χ4n) is 3.34. The minimum Gasteiger partial charge on any atom is -0.336 e. The molecule has 3 aromatic rings. The van der Waals surface area contributed by atoms with Gasteiger partial charge in [-0.2, -0.15) is 13.2 Å². The number of aromatic amines is 1. The first-order chi connectivity index (χ1) is 13.4. The minimum absolute atomic E-state index is 0.203. The molecule has 0 atom stereocenters. The second-order valence-electron chi connectivity index (χ2n) is 6.87. The first-order valence-electron chi connectivity index (χ1n) is 8.88. The van der Waals surface area contributed by atoms with Crippen LogP contribution >= 0.6 is 0 Å². The predicted molar refractivity (Wildman–Crippen MR) is 102 cm³/mol. The molecule has 5 nitrogen and oxygen atoms in total. The Morgan fingerprint density at radius 2 is 2.11 bits per heavy atom. The number of aromatic nitrogens is 3. The third-order valence-electron chi connectivity index (χ3n) is 4.92. The van der Waals surface area contributed by atoms with E-state index in [0.29, 0.717) is 22.6 Å². The van der Waals surface area contributed by atoms with Crippen molar-refractivity contribution in [2.75, 3.05) is 0 Å². The average Bonchev–Trinajstić information content (AvgIpc) is 3.41. The molecule has 144 valence electrons. The summed E-state index contributed by atoms with van der Waals surface area (Å²) in [5, 5.41) is 0.422. The zero-order valence-corrected chi connectivity index (χ0v) is 15.2. The molecule has 0 bridgehead atoms. The molecule has 0 spiro atoms. The lowest BCUT2D eigenvalue weighted by Crippen LogP contribution is -2.04. The van der Waals surface area contributed by atoms with Gasteiger partial charge < -0.3 is 4.98 Å². The molecule has 0 radical (unpaired) electrons. The third-order valence-corrected chi connectivity index (χ3v) is 4.92. The Bertz CT molecular complexity index is 1080. The number of alkyl halides is 3. The van der Waals surface area contributed by atoms with Crippen molar-refractivity contribution in [1.29, 1.82) is 0 Å². The van der Waals surface area contributed by atoms with Gasteiger partial charge in [-0.1, -0.05) is 0 Å². The van der Waals surface area contributed by atoms with Gasteiger partial charge in [0.2, 0.25) is 0 Å². The summed E-state index contributed by atoms with van der Waals surface area (Å²) in [6, 6.07) is 2.77. The Hall–Kier alpha value is -3.03. The molecular weight excluding hydrogens is 367 g/mol. The van der Waals surface area contributed by atoms with E-state index >= 15 is 0 Å². The van der Waals surface area contributed by atoms with Crippen molar-refractivity contribution >= 4 is 29.1 Å². The summed E-state index contributed by atoms with van der Waals surface area (Å²) in [5.74, 6) is 0.459. The average molecular weight is 385 g/mol. The smallest absolute Gasteiger partial charge is 0.336 e. The Morgan fingerprint density at radius 3 is 2.79 bits per heavy atom. The second-order valence-corrected chi connectivity index (χ2v) is 6.87. The fraction of sp³-hybridized carbons (Fsp3) is 0.300. The lowest BCUT2D eigenvalue weighted by atomic mass is 10.0. The highest BCUT2D eigenvalue weighted by atomic mass is 19.4. The van der Waals surface area contributed by atoms with Gasteiger partial charge in [-0.3, -0.25) is 15.0 Å². The molecule has 0 amide bonds. The maximum absolute atomic E-state index is 13.0. The van der Waals surface area contributed by atoms with E-state index in [0.717, 1.165) is 35.7 Å². The number of H-pyrrole nitrogens is 1. The third kappa shape index (κ3) is 3.42. The molecule has 3 heterocycles. The van der Waals surface area contributed by atoms with Gasteiger partial charge in [-0.25, -0.2) is 4.98 Å². The number of halogens is 3. The molecule has 1 aliphatic carbocycles. The van der Waals surface area contributed by atoms with E-state index in [9.17, 15) is 13.2 Å². The van der Waals surface area contributed by atoms with E-state index in [1.54, 1.807) is 12.3 Å². The van der Waals surface area contributed by atoms with E-state index in [4.69, 9.17) is 0 Å². The molecule has 1 saturated carbocycles. The lowest BCUT2D eigenvalue weighted by Gasteiger charge is -2.11. The molecule has 28 heavy (non-hydrogen) atoms. The SMILES string of the molecule is C=Nc1cncc(C2CC2)c1C(C)=NCc1ccnc2[nH]c(C(F)(F)F)cc12. The highest BCUT2D eigenvalue weighted by Gasteiger charge is 2.33. The molecule has 4 rings (SSSR count). The first-order valence-corrected chi connectivity index (χ1v) is 8.88. The van der Waals surface area contributed by atoms with Crippen LogP contribution in [0.3, 0.4) is 0 Å². The predicted octanol–water partition coefficient (Wildman–Crippen LogP) is 5.20. The summed E-state index contributed by atoms with van der Waals surface area (Å²) in [4.78, 5) is 19.3. The molecule has 1 N–H and O–H groups in total. The van der Waals surface area contributed by atoms with Crippen molar-refractivity contribution in [1.82, 2.24) is 15.0 Å².